The number of Topliss-reactive ketones (excluding diaryl/α,β-unsaturated/α-hetero) is 3. The summed E-state index contributed by atoms with van der Waals surface area (Å²) in [6.07, 6.45) is 15.2. The third-order valence-electron chi connectivity index (χ3n) is 8.40. The van der Waals surface area contributed by atoms with E-state index in [1.54, 1.807) is 20.8 Å². The molecular formula is C33H56O3. The van der Waals surface area contributed by atoms with Crippen molar-refractivity contribution in [2.24, 2.45) is 23.2 Å². The monoisotopic (exact) mass is 500 g/mol. The van der Waals surface area contributed by atoms with E-state index in [-0.39, 0.29) is 28.3 Å². The summed E-state index contributed by atoms with van der Waals surface area (Å²) >= 11 is 0. The van der Waals surface area contributed by atoms with Gasteiger partial charge in [0.05, 0.1) is 5.57 Å². The van der Waals surface area contributed by atoms with Crippen molar-refractivity contribution in [1.82, 2.24) is 0 Å². The Morgan fingerprint density at radius 3 is 1.67 bits per heavy atom. The van der Waals surface area contributed by atoms with E-state index >= 15 is 0 Å². The molecule has 0 N–H and O–H groups in total. The summed E-state index contributed by atoms with van der Waals surface area (Å²) in [5, 5.41) is 0. The zero-order chi connectivity index (χ0) is 27.5. The van der Waals surface area contributed by atoms with Crippen molar-refractivity contribution >= 4 is 17.3 Å². The first-order valence-corrected chi connectivity index (χ1v) is 14.8. The van der Waals surface area contributed by atoms with Gasteiger partial charge >= 0.3 is 0 Å². The van der Waals surface area contributed by atoms with Crippen molar-refractivity contribution in [3.8, 4) is 0 Å². The van der Waals surface area contributed by atoms with Crippen LogP contribution in [-0.4, -0.2) is 17.3 Å². The molecule has 3 heteroatoms. The van der Waals surface area contributed by atoms with Gasteiger partial charge in [0.15, 0.2) is 17.3 Å². The predicted octanol–water partition coefficient (Wildman–Crippen LogP) is 9.39. The summed E-state index contributed by atoms with van der Waals surface area (Å²) in [6.45, 7) is 19.1. The highest BCUT2D eigenvalue weighted by Crippen LogP contribution is 2.32. The van der Waals surface area contributed by atoms with Crippen LogP contribution >= 0.6 is 0 Å². The molecular weight excluding hydrogens is 444 g/mol. The molecule has 0 saturated carbocycles. The average Bonchev–Trinajstić information content (AvgIpc) is 2.79. The van der Waals surface area contributed by atoms with Crippen LogP contribution in [0.3, 0.4) is 0 Å². The third kappa shape index (κ3) is 11.3. The van der Waals surface area contributed by atoms with Gasteiger partial charge in [-0.2, -0.15) is 0 Å². The molecule has 0 spiro atoms. The van der Waals surface area contributed by atoms with Gasteiger partial charge in [0.25, 0.3) is 0 Å². The van der Waals surface area contributed by atoms with Crippen molar-refractivity contribution in [2.45, 2.75) is 146 Å². The highest BCUT2D eigenvalue weighted by atomic mass is 16.2. The Labute approximate surface area is 223 Å². The van der Waals surface area contributed by atoms with Gasteiger partial charge in [-0.05, 0) is 63.2 Å². The van der Waals surface area contributed by atoms with Gasteiger partial charge in [-0.15, -0.1) is 0 Å². The summed E-state index contributed by atoms with van der Waals surface area (Å²) in [7, 11) is 0. The molecule has 0 saturated heterocycles. The SMILES string of the molecule is CC1=C(C)C(=O)C(C(=O)CCCCC(C)(C)CCCC(C)CCCC(C)CCCC(C)C)=C(C)C1=O. The van der Waals surface area contributed by atoms with Crippen molar-refractivity contribution in [3.63, 3.8) is 0 Å². The first kappa shape index (κ1) is 32.5. The molecule has 2 atom stereocenters. The van der Waals surface area contributed by atoms with Crippen LogP contribution < -0.4 is 0 Å². The molecule has 206 valence electrons. The van der Waals surface area contributed by atoms with E-state index in [4.69, 9.17) is 0 Å². The number of carbonyl (C=O) groups is 3. The quantitative estimate of drug-likeness (QED) is 0.107. The van der Waals surface area contributed by atoms with Crippen LogP contribution in [0.1, 0.15) is 146 Å². The fourth-order valence-corrected chi connectivity index (χ4v) is 5.48. The van der Waals surface area contributed by atoms with E-state index in [0.717, 1.165) is 37.0 Å². The topological polar surface area (TPSA) is 51.2 Å². The number of hydrogen-bond donors (Lipinski definition) is 0. The van der Waals surface area contributed by atoms with Gasteiger partial charge in [-0.1, -0.05) is 99.3 Å². The van der Waals surface area contributed by atoms with Gasteiger partial charge in [0.2, 0.25) is 0 Å². The average molecular weight is 501 g/mol. The van der Waals surface area contributed by atoms with Crippen LogP contribution in [0.5, 0.6) is 0 Å². The van der Waals surface area contributed by atoms with Gasteiger partial charge in [0, 0.05) is 23.1 Å². The highest BCUT2D eigenvalue weighted by Gasteiger charge is 2.31. The summed E-state index contributed by atoms with van der Waals surface area (Å²) in [5.74, 6) is 1.90. The molecule has 3 nitrogen and oxygen atoms in total. The standard InChI is InChI=1S/C33H56O3/c1-23(2)15-12-16-24(3)17-13-18-25(4)19-14-22-33(8,9)21-11-10-20-29(34)30-28(7)31(35)26(5)27(6)32(30)36/h23-25H,10-22H2,1-9H3. The Balaban J connectivity index is 2.27. The Morgan fingerprint density at radius 2 is 1.11 bits per heavy atom. The van der Waals surface area contributed by atoms with E-state index < -0.39 is 0 Å². The van der Waals surface area contributed by atoms with Gasteiger partial charge in [-0.25, -0.2) is 0 Å². The first-order valence-electron chi connectivity index (χ1n) is 14.8. The minimum absolute atomic E-state index is 0.126. The second kappa shape index (κ2) is 15.7. The van der Waals surface area contributed by atoms with E-state index in [9.17, 15) is 14.4 Å². The molecule has 1 aliphatic carbocycles. The van der Waals surface area contributed by atoms with Crippen LogP contribution in [0.4, 0.5) is 0 Å². The number of rotatable bonds is 18. The summed E-state index contributed by atoms with van der Waals surface area (Å²) in [5.41, 5.74) is 1.61. The third-order valence-corrected chi connectivity index (χ3v) is 8.40. The molecule has 0 heterocycles. The van der Waals surface area contributed by atoms with Gasteiger partial charge in [-0.3, -0.25) is 14.4 Å². The molecule has 0 aromatic rings. The predicted molar refractivity (Wildman–Crippen MR) is 153 cm³/mol. The molecule has 36 heavy (non-hydrogen) atoms. The van der Waals surface area contributed by atoms with Crippen molar-refractivity contribution in [2.75, 3.05) is 0 Å². The lowest BCUT2D eigenvalue weighted by Crippen LogP contribution is -2.25. The smallest absolute Gasteiger partial charge is 0.193 e. The van der Waals surface area contributed by atoms with E-state index in [1.165, 1.54) is 57.8 Å². The molecule has 2 unspecified atom stereocenters. The fraction of sp³-hybridized carbons (Fsp3) is 0.788. The number of hydrogen-bond acceptors (Lipinski definition) is 3. The summed E-state index contributed by atoms with van der Waals surface area (Å²) < 4.78 is 0. The minimum atomic E-state index is -0.260. The molecule has 0 aromatic carbocycles. The van der Waals surface area contributed by atoms with E-state index in [1.807, 2.05) is 0 Å². The summed E-state index contributed by atoms with van der Waals surface area (Å²) in [4.78, 5) is 37.6. The van der Waals surface area contributed by atoms with Crippen molar-refractivity contribution < 1.29 is 14.4 Å². The Kier molecular flexibility index (Phi) is 14.2. The first-order chi connectivity index (χ1) is 16.8. The van der Waals surface area contributed by atoms with Gasteiger partial charge in [0.1, 0.15) is 0 Å². The van der Waals surface area contributed by atoms with Crippen LogP contribution in [0.15, 0.2) is 22.3 Å². The second-order valence-electron chi connectivity index (χ2n) is 13.1. The van der Waals surface area contributed by atoms with E-state index in [2.05, 4.69) is 41.5 Å². The second-order valence-corrected chi connectivity index (χ2v) is 13.1. The Morgan fingerprint density at radius 1 is 0.639 bits per heavy atom. The molecule has 1 aliphatic rings. The Hall–Kier alpha value is -1.51. The normalized spacial score (nSPS) is 16.8. The number of unbranched alkanes of at least 4 members (excludes halogenated alkanes) is 1. The van der Waals surface area contributed by atoms with Crippen LogP contribution in [-0.2, 0) is 14.4 Å². The maximum absolute atomic E-state index is 12.7. The zero-order valence-corrected chi connectivity index (χ0v) is 25.1. The molecule has 0 aliphatic heterocycles. The van der Waals surface area contributed by atoms with E-state index in [0.29, 0.717) is 23.1 Å². The fourth-order valence-electron chi connectivity index (χ4n) is 5.48. The zero-order valence-electron chi connectivity index (χ0n) is 25.1. The van der Waals surface area contributed by atoms with Crippen LogP contribution in [0, 0.1) is 23.2 Å². The molecule has 0 radical (unpaired) electrons. The number of ketones is 3. The molecule has 0 amide bonds. The van der Waals surface area contributed by atoms with Crippen LogP contribution in [0.25, 0.3) is 0 Å². The maximum Gasteiger partial charge on any atom is 0.193 e. The molecule has 0 aromatic heterocycles. The van der Waals surface area contributed by atoms with Crippen molar-refractivity contribution in [3.05, 3.63) is 22.3 Å². The Bertz CT molecular complexity index is 809. The lowest BCUT2D eigenvalue weighted by Gasteiger charge is -2.25. The molecule has 0 fully saturated rings. The highest BCUT2D eigenvalue weighted by molar-refractivity contribution is 6.35. The maximum atomic E-state index is 12.7. The lowest BCUT2D eigenvalue weighted by molar-refractivity contribution is -0.122. The number of allylic oxidation sites excluding steroid dienone is 4. The minimum Gasteiger partial charge on any atom is -0.294 e. The largest absolute Gasteiger partial charge is 0.294 e. The van der Waals surface area contributed by atoms with Gasteiger partial charge < -0.3 is 0 Å². The molecule has 1 rings (SSSR count). The molecule has 0 bridgehead atoms. The summed E-state index contributed by atoms with van der Waals surface area (Å²) in [6, 6.07) is 0. The number of carbonyl (C=O) groups excluding carboxylic acids is 3. The van der Waals surface area contributed by atoms with Crippen LogP contribution in [0.2, 0.25) is 0 Å². The lowest BCUT2D eigenvalue weighted by atomic mass is 9.80. The van der Waals surface area contributed by atoms with Crippen molar-refractivity contribution in [1.29, 1.82) is 0 Å².